The molecule has 146 valence electrons. The molecule has 0 aromatic heterocycles. The lowest BCUT2D eigenvalue weighted by atomic mass is 10.2. The molecule has 0 bridgehead atoms. The lowest BCUT2D eigenvalue weighted by molar-refractivity contribution is 0.0734. The predicted molar refractivity (Wildman–Crippen MR) is 112 cm³/mol. The molecule has 0 unspecified atom stereocenters. The molecule has 5 nitrogen and oxygen atoms in total. The largest absolute Gasteiger partial charge is 0.422 e. The van der Waals surface area contributed by atoms with E-state index in [9.17, 15) is 14.0 Å². The maximum absolute atomic E-state index is 12.9. The average Bonchev–Trinajstić information content (AvgIpc) is 2.70. The summed E-state index contributed by atoms with van der Waals surface area (Å²) < 4.78 is 19.1. The number of hydrazone groups is 1. The molecule has 0 fully saturated rings. The Hall–Kier alpha value is -3.03. The molecule has 29 heavy (non-hydrogen) atoms. The van der Waals surface area contributed by atoms with E-state index in [1.54, 1.807) is 42.5 Å². The van der Waals surface area contributed by atoms with Gasteiger partial charge in [0.05, 0.1) is 16.8 Å². The number of carbonyl (C=O) groups excluding carboxylic acids is 2. The third kappa shape index (κ3) is 5.49. The van der Waals surface area contributed by atoms with Crippen LogP contribution < -0.4 is 10.2 Å². The zero-order valence-corrected chi connectivity index (χ0v) is 17.1. The highest BCUT2D eigenvalue weighted by molar-refractivity contribution is 9.10. The molecule has 1 amide bonds. The van der Waals surface area contributed by atoms with E-state index in [1.165, 1.54) is 30.5 Å². The fraction of sp³-hybridized carbons (Fsp3) is 0. The number of amides is 1. The molecule has 0 aliphatic rings. The number of rotatable bonds is 5. The number of ether oxygens (including phenoxy) is 1. The fourth-order valence-corrected chi connectivity index (χ4v) is 2.91. The summed E-state index contributed by atoms with van der Waals surface area (Å²) in [6.45, 7) is 0. The van der Waals surface area contributed by atoms with Crippen LogP contribution in [-0.4, -0.2) is 18.1 Å². The molecular formula is C21H13BrClFN2O3. The highest BCUT2D eigenvalue weighted by Gasteiger charge is 2.14. The van der Waals surface area contributed by atoms with Crippen LogP contribution >= 0.6 is 27.5 Å². The Kier molecular flexibility index (Phi) is 6.74. The second kappa shape index (κ2) is 9.45. The minimum atomic E-state index is -0.622. The van der Waals surface area contributed by atoms with Gasteiger partial charge < -0.3 is 4.74 Å². The van der Waals surface area contributed by atoms with Gasteiger partial charge in [-0.2, -0.15) is 5.10 Å². The normalized spacial score (nSPS) is 10.7. The van der Waals surface area contributed by atoms with Crippen LogP contribution in [0.2, 0.25) is 5.02 Å². The summed E-state index contributed by atoms with van der Waals surface area (Å²) in [5.74, 6) is -1.34. The van der Waals surface area contributed by atoms with Crippen molar-refractivity contribution in [1.29, 1.82) is 0 Å². The van der Waals surface area contributed by atoms with Crippen molar-refractivity contribution in [2.75, 3.05) is 0 Å². The molecule has 0 radical (unpaired) electrons. The van der Waals surface area contributed by atoms with E-state index in [0.717, 1.165) is 4.47 Å². The Bertz CT molecular complexity index is 1090. The SMILES string of the molecule is O=C(N/N=C/c1cc(Br)ccc1OC(=O)c1ccccc1Cl)c1ccc(F)cc1. The van der Waals surface area contributed by atoms with Gasteiger partial charge in [0.2, 0.25) is 0 Å². The highest BCUT2D eigenvalue weighted by Crippen LogP contribution is 2.24. The molecule has 1 N–H and O–H groups in total. The van der Waals surface area contributed by atoms with Gasteiger partial charge in [0, 0.05) is 15.6 Å². The topological polar surface area (TPSA) is 67.8 Å². The first-order valence-corrected chi connectivity index (χ1v) is 9.46. The van der Waals surface area contributed by atoms with Crippen molar-refractivity contribution in [2.24, 2.45) is 5.10 Å². The summed E-state index contributed by atoms with van der Waals surface area (Å²) in [5.41, 5.74) is 3.26. The Morgan fingerprint density at radius 1 is 1.07 bits per heavy atom. The van der Waals surface area contributed by atoms with E-state index >= 15 is 0 Å². The summed E-state index contributed by atoms with van der Waals surface area (Å²) in [5, 5.41) is 4.16. The first-order valence-electron chi connectivity index (χ1n) is 8.29. The van der Waals surface area contributed by atoms with Crippen LogP contribution in [0.4, 0.5) is 4.39 Å². The maximum atomic E-state index is 12.9. The van der Waals surface area contributed by atoms with Crippen molar-refractivity contribution in [3.63, 3.8) is 0 Å². The number of hydrogen-bond acceptors (Lipinski definition) is 4. The molecule has 8 heteroatoms. The quantitative estimate of drug-likeness (QED) is 0.238. The molecule has 0 spiro atoms. The Balaban J connectivity index is 1.75. The highest BCUT2D eigenvalue weighted by atomic mass is 79.9. The van der Waals surface area contributed by atoms with Crippen molar-refractivity contribution in [1.82, 2.24) is 5.43 Å². The number of carbonyl (C=O) groups is 2. The second-order valence-electron chi connectivity index (χ2n) is 5.76. The summed E-state index contributed by atoms with van der Waals surface area (Å²) in [7, 11) is 0. The monoisotopic (exact) mass is 474 g/mol. The van der Waals surface area contributed by atoms with Gasteiger partial charge in [0.25, 0.3) is 5.91 Å². The van der Waals surface area contributed by atoms with Crippen molar-refractivity contribution in [2.45, 2.75) is 0 Å². The van der Waals surface area contributed by atoms with Crippen LogP contribution in [0.15, 0.2) is 76.3 Å². The van der Waals surface area contributed by atoms with Gasteiger partial charge in [-0.05, 0) is 54.6 Å². The minimum absolute atomic E-state index is 0.226. The van der Waals surface area contributed by atoms with Crippen LogP contribution in [0.25, 0.3) is 0 Å². The van der Waals surface area contributed by atoms with Gasteiger partial charge in [0.15, 0.2) is 0 Å². The summed E-state index contributed by atoms with van der Waals surface area (Å²) in [6.07, 6.45) is 1.33. The minimum Gasteiger partial charge on any atom is -0.422 e. The first kappa shape index (κ1) is 20.7. The molecule has 0 saturated heterocycles. The van der Waals surface area contributed by atoms with Crippen LogP contribution in [0.3, 0.4) is 0 Å². The molecule has 3 aromatic rings. The van der Waals surface area contributed by atoms with Crippen molar-refractivity contribution in [3.8, 4) is 5.75 Å². The van der Waals surface area contributed by atoms with Crippen molar-refractivity contribution >= 4 is 45.6 Å². The number of halogens is 3. The third-order valence-electron chi connectivity index (χ3n) is 3.74. The second-order valence-corrected chi connectivity index (χ2v) is 7.08. The third-order valence-corrected chi connectivity index (χ3v) is 4.57. The predicted octanol–water partition coefficient (Wildman–Crippen LogP) is 5.22. The summed E-state index contributed by atoms with van der Waals surface area (Å²) in [6, 6.07) is 16.5. The van der Waals surface area contributed by atoms with E-state index in [2.05, 4.69) is 26.5 Å². The average molecular weight is 476 g/mol. The lowest BCUT2D eigenvalue weighted by Crippen LogP contribution is -2.17. The Morgan fingerprint density at radius 3 is 2.52 bits per heavy atom. The van der Waals surface area contributed by atoms with Gasteiger partial charge in [-0.1, -0.05) is 39.7 Å². The van der Waals surface area contributed by atoms with Gasteiger partial charge in [-0.15, -0.1) is 0 Å². The van der Waals surface area contributed by atoms with Gasteiger partial charge in [-0.3, -0.25) is 4.79 Å². The van der Waals surface area contributed by atoms with Crippen molar-refractivity contribution < 1.29 is 18.7 Å². The number of nitrogens with one attached hydrogen (secondary N) is 1. The summed E-state index contributed by atoms with van der Waals surface area (Å²) in [4.78, 5) is 24.4. The molecule has 0 aliphatic heterocycles. The lowest BCUT2D eigenvalue weighted by Gasteiger charge is -2.09. The standard InChI is InChI=1S/C21H13BrClFN2O3/c22-15-7-10-19(29-21(28)17-3-1-2-4-18(17)23)14(11-15)12-25-26-20(27)13-5-8-16(24)9-6-13/h1-12H,(H,26,27)/b25-12+. The Labute approximate surface area is 179 Å². The van der Waals surface area contributed by atoms with Gasteiger partial charge in [-0.25, -0.2) is 14.6 Å². The molecular weight excluding hydrogens is 463 g/mol. The zero-order valence-electron chi connectivity index (χ0n) is 14.7. The number of hydrogen-bond donors (Lipinski definition) is 1. The van der Waals surface area contributed by atoms with Gasteiger partial charge in [0.1, 0.15) is 11.6 Å². The molecule has 0 heterocycles. The van der Waals surface area contributed by atoms with Crippen LogP contribution in [0.1, 0.15) is 26.3 Å². The van der Waals surface area contributed by atoms with E-state index in [0.29, 0.717) is 5.56 Å². The number of nitrogens with zero attached hydrogens (tertiary/aromatic N) is 1. The number of esters is 1. The smallest absolute Gasteiger partial charge is 0.345 e. The van der Waals surface area contributed by atoms with Crippen molar-refractivity contribution in [3.05, 3.63) is 98.7 Å². The molecule has 0 saturated carbocycles. The molecule has 0 atom stereocenters. The van der Waals surface area contributed by atoms with Crippen LogP contribution in [-0.2, 0) is 0 Å². The van der Waals surface area contributed by atoms with E-state index in [-0.39, 0.29) is 21.9 Å². The molecule has 3 rings (SSSR count). The van der Waals surface area contributed by atoms with Gasteiger partial charge >= 0.3 is 5.97 Å². The maximum Gasteiger partial charge on any atom is 0.345 e. The first-order chi connectivity index (χ1) is 13.9. The molecule has 3 aromatic carbocycles. The zero-order chi connectivity index (χ0) is 20.8. The number of benzene rings is 3. The van der Waals surface area contributed by atoms with E-state index in [4.69, 9.17) is 16.3 Å². The van der Waals surface area contributed by atoms with E-state index < -0.39 is 17.7 Å². The Morgan fingerprint density at radius 2 is 1.79 bits per heavy atom. The fourth-order valence-electron chi connectivity index (χ4n) is 2.32. The van der Waals surface area contributed by atoms with Crippen LogP contribution in [0, 0.1) is 5.82 Å². The summed E-state index contributed by atoms with van der Waals surface area (Å²) >= 11 is 9.37. The van der Waals surface area contributed by atoms with Crippen LogP contribution in [0.5, 0.6) is 5.75 Å². The van der Waals surface area contributed by atoms with E-state index in [1.807, 2.05) is 0 Å². The molecule has 0 aliphatic carbocycles.